The van der Waals surface area contributed by atoms with Gasteiger partial charge >= 0.3 is 0 Å². The number of benzene rings is 2. The molecule has 0 fully saturated rings. The molecule has 0 unspecified atom stereocenters. The summed E-state index contributed by atoms with van der Waals surface area (Å²) in [6.07, 6.45) is 0.665. The number of hydrogen-bond donors (Lipinski definition) is 1. The van der Waals surface area contributed by atoms with Gasteiger partial charge < -0.3 is 5.32 Å². The fourth-order valence-corrected chi connectivity index (χ4v) is 2.48. The topological polar surface area (TPSA) is 59.8 Å². The van der Waals surface area contributed by atoms with Crippen molar-refractivity contribution in [2.75, 3.05) is 5.32 Å². The van der Waals surface area contributed by atoms with Crippen molar-refractivity contribution < 1.29 is 4.79 Å². The summed E-state index contributed by atoms with van der Waals surface area (Å²) in [5.74, 6) is -0.241. The number of para-hydroxylation sites is 1. The molecule has 1 aromatic heterocycles. The van der Waals surface area contributed by atoms with E-state index in [0.717, 1.165) is 22.6 Å². The van der Waals surface area contributed by atoms with Crippen molar-refractivity contribution in [3.63, 3.8) is 0 Å². The third-order valence-corrected chi connectivity index (χ3v) is 3.59. The van der Waals surface area contributed by atoms with Crippen LogP contribution >= 0.6 is 0 Å². The zero-order valence-corrected chi connectivity index (χ0v) is 13.2. The molecule has 0 radical (unpaired) electrons. The Morgan fingerprint density at radius 2 is 1.91 bits per heavy atom. The lowest BCUT2D eigenvalue weighted by atomic mass is 10.2. The van der Waals surface area contributed by atoms with Crippen LogP contribution in [0.2, 0.25) is 0 Å². The van der Waals surface area contributed by atoms with Crippen molar-refractivity contribution in [1.29, 1.82) is 0 Å². The number of nitrogens with one attached hydrogen (secondary N) is 1. The Kier molecular flexibility index (Phi) is 4.19. The molecule has 2 aromatic carbocycles. The molecule has 116 valence electrons. The van der Waals surface area contributed by atoms with E-state index in [0.29, 0.717) is 12.1 Å². The van der Waals surface area contributed by atoms with Crippen molar-refractivity contribution >= 4 is 11.6 Å². The predicted molar refractivity (Wildman–Crippen MR) is 89.9 cm³/mol. The molecule has 1 N–H and O–H groups in total. The van der Waals surface area contributed by atoms with Gasteiger partial charge in [-0.05, 0) is 43.2 Å². The second-order valence-corrected chi connectivity index (χ2v) is 5.31. The standard InChI is InChI=1S/C18H18N4O/c1-3-16-17(18(23)19-14-9-7-8-13(2)12-14)20-21-22(16)15-10-5-4-6-11-15/h4-12H,3H2,1-2H3,(H,19,23). The minimum absolute atomic E-state index is 0.241. The number of nitrogens with zero attached hydrogens (tertiary/aromatic N) is 3. The van der Waals surface area contributed by atoms with Gasteiger partial charge in [-0.1, -0.05) is 42.5 Å². The highest BCUT2D eigenvalue weighted by atomic mass is 16.2. The molecule has 5 heteroatoms. The number of anilines is 1. The van der Waals surface area contributed by atoms with Gasteiger partial charge in [0.05, 0.1) is 11.4 Å². The zero-order chi connectivity index (χ0) is 16.2. The Labute approximate surface area is 135 Å². The van der Waals surface area contributed by atoms with Gasteiger partial charge in [-0.15, -0.1) is 5.10 Å². The smallest absolute Gasteiger partial charge is 0.278 e. The minimum Gasteiger partial charge on any atom is -0.321 e. The molecule has 0 bridgehead atoms. The van der Waals surface area contributed by atoms with Crippen LogP contribution in [0.4, 0.5) is 5.69 Å². The van der Waals surface area contributed by atoms with Gasteiger partial charge in [-0.2, -0.15) is 0 Å². The van der Waals surface area contributed by atoms with E-state index in [1.165, 1.54) is 0 Å². The maximum Gasteiger partial charge on any atom is 0.278 e. The number of rotatable bonds is 4. The second kappa shape index (κ2) is 6.44. The van der Waals surface area contributed by atoms with Gasteiger partial charge in [0.1, 0.15) is 0 Å². The number of aryl methyl sites for hydroxylation is 1. The lowest BCUT2D eigenvalue weighted by Gasteiger charge is -2.07. The Morgan fingerprint density at radius 1 is 1.13 bits per heavy atom. The molecule has 0 spiro atoms. The van der Waals surface area contributed by atoms with Crippen LogP contribution in [0.1, 0.15) is 28.7 Å². The average Bonchev–Trinajstić information content (AvgIpc) is 2.99. The maximum atomic E-state index is 12.5. The van der Waals surface area contributed by atoms with E-state index in [2.05, 4.69) is 15.6 Å². The van der Waals surface area contributed by atoms with Gasteiger partial charge in [0, 0.05) is 5.69 Å². The molecule has 0 saturated carbocycles. The molecule has 0 aliphatic rings. The predicted octanol–water partition coefficient (Wildman–Crippen LogP) is 3.39. The summed E-state index contributed by atoms with van der Waals surface area (Å²) >= 11 is 0. The van der Waals surface area contributed by atoms with Crippen LogP contribution < -0.4 is 5.32 Å². The number of aromatic nitrogens is 3. The fourth-order valence-electron chi connectivity index (χ4n) is 2.48. The summed E-state index contributed by atoms with van der Waals surface area (Å²) < 4.78 is 1.71. The van der Waals surface area contributed by atoms with Crippen LogP contribution in [0.5, 0.6) is 0 Å². The lowest BCUT2D eigenvalue weighted by molar-refractivity contribution is 0.102. The zero-order valence-electron chi connectivity index (χ0n) is 13.2. The highest BCUT2D eigenvalue weighted by Gasteiger charge is 2.19. The van der Waals surface area contributed by atoms with E-state index in [4.69, 9.17) is 0 Å². The quantitative estimate of drug-likeness (QED) is 0.803. The third-order valence-electron chi connectivity index (χ3n) is 3.59. The van der Waals surface area contributed by atoms with Gasteiger partial charge in [-0.3, -0.25) is 4.79 Å². The summed E-state index contributed by atoms with van der Waals surface area (Å²) in [5, 5.41) is 11.1. The van der Waals surface area contributed by atoms with Crippen molar-refractivity contribution in [1.82, 2.24) is 15.0 Å². The molecule has 0 atom stereocenters. The van der Waals surface area contributed by atoms with Crippen molar-refractivity contribution in [2.45, 2.75) is 20.3 Å². The first kappa shape index (κ1) is 15.0. The normalized spacial score (nSPS) is 10.5. The lowest BCUT2D eigenvalue weighted by Crippen LogP contribution is -2.15. The fraction of sp³-hybridized carbons (Fsp3) is 0.167. The van der Waals surface area contributed by atoms with Crippen LogP contribution in [-0.4, -0.2) is 20.9 Å². The largest absolute Gasteiger partial charge is 0.321 e. The molecular weight excluding hydrogens is 288 g/mol. The summed E-state index contributed by atoms with van der Waals surface area (Å²) in [6.45, 7) is 3.97. The third kappa shape index (κ3) is 3.13. The average molecular weight is 306 g/mol. The Morgan fingerprint density at radius 3 is 2.61 bits per heavy atom. The Hall–Kier alpha value is -2.95. The maximum absolute atomic E-state index is 12.5. The molecule has 1 heterocycles. The van der Waals surface area contributed by atoms with E-state index in [1.807, 2.05) is 68.4 Å². The number of carbonyl (C=O) groups is 1. The first-order valence-electron chi connectivity index (χ1n) is 7.57. The van der Waals surface area contributed by atoms with Gasteiger partial charge in [0.2, 0.25) is 0 Å². The Balaban J connectivity index is 1.91. The molecule has 5 nitrogen and oxygen atoms in total. The van der Waals surface area contributed by atoms with Crippen molar-refractivity contribution in [3.8, 4) is 5.69 Å². The van der Waals surface area contributed by atoms with Gasteiger partial charge in [0.15, 0.2) is 5.69 Å². The minimum atomic E-state index is -0.241. The molecule has 3 aromatic rings. The number of carbonyl (C=O) groups excluding carboxylic acids is 1. The summed E-state index contributed by atoms with van der Waals surface area (Å²) in [5.41, 5.74) is 3.89. The number of hydrogen-bond acceptors (Lipinski definition) is 3. The van der Waals surface area contributed by atoms with E-state index >= 15 is 0 Å². The highest BCUT2D eigenvalue weighted by molar-refractivity contribution is 6.03. The van der Waals surface area contributed by atoms with Crippen LogP contribution in [0.25, 0.3) is 5.69 Å². The van der Waals surface area contributed by atoms with Gasteiger partial charge in [-0.25, -0.2) is 4.68 Å². The molecule has 3 rings (SSSR count). The molecular formula is C18H18N4O. The molecule has 23 heavy (non-hydrogen) atoms. The van der Waals surface area contributed by atoms with E-state index in [1.54, 1.807) is 4.68 Å². The van der Waals surface area contributed by atoms with Crippen LogP contribution in [0.3, 0.4) is 0 Å². The number of amides is 1. The first-order chi connectivity index (χ1) is 11.2. The van der Waals surface area contributed by atoms with Crippen LogP contribution in [0, 0.1) is 6.92 Å². The van der Waals surface area contributed by atoms with Crippen molar-refractivity contribution in [3.05, 3.63) is 71.5 Å². The molecule has 1 amide bonds. The summed E-state index contributed by atoms with van der Waals surface area (Å²) in [7, 11) is 0. The molecule has 0 aliphatic carbocycles. The van der Waals surface area contributed by atoms with Crippen molar-refractivity contribution in [2.24, 2.45) is 0 Å². The molecule has 0 saturated heterocycles. The summed E-state index contributed by atoms with van der Waals surface area (Å²) in [4.78, 5) is 12.5. The van der Waals surface area contributed by atoms with E-state index in [9.17, 15) is 4.79 Å². The monoisotopic (exact) mass is 306 g/mol. The van der Waals surface area contributed by atoms with Crippen LogP contribution in [-0.2, 0) is 6.42 Å². The molecule has 0 aliphatic heterocycles. The Bertz CT molecular complexity index is 824. The highest BCUT2D eigenvalue weighted by Crippen LogP contribution is 2.16. The van der Waals surface area contributed by atoms with Gasteiger partial charge in [0.25, 0.3) is 5.91 Å². The van der Waals surface area contributed by atoms with E-state index in [-0.39, 0.29) is 5.91 Å². The second-order valence-electron chi connectivity index (χ2n) is 5.31. The summed E-state index contributed by atoms with van der Waals surface area (Å²) in [6, 6.07) is 17.4. The van der Waals surface area contributed by atoms with E-state index < -0.39 is 0 Å². The van der Waals surface area contributed by atoms with Crippen LogP contribution in [0.15, 0.2) is 54.6 Å². The SMILES string of the molecule is CCc1c(C(=O)Nc2cccc(C)c2)nnn1-c1ccccc1. The first-order valence-corrected chi connectivity index (χ1v) is 7.57.